The minimum Gasteiger partial charge on any atom is -0.326 e. The summed E-state index contributed by atoms with van der Waals surface area (Å²) in [4.78, 5) is 38.9. The molecule has 3 aliphatic rings. The average molecular weight is 410 g/mol. The third-order valence-electron chi connectivity index (χ3n) is 5.86. The van der Waals surface area contributed by atoms with E-state index in [4.69, 9.17) is 5.73 Å². The Labute approximate surface area is 165 Å². The second-order valence-electron chi connectivity index (χ2n) is 7.80. The highest BCUT2D eigenvalue weighted by Gasteiger charge is 2.50. The summed E-state index contributed by atoms with van der Waals surface area (Å²) in [5, 5.41) is 2.24. The van der Waals surface area contributed by atoms with Gasteiger partial charge in [0.15, 0.2) is 0 Å². The molecule has 0 aliphatic carbocycles. The van der Waals surface area contributed by atoms with Gasteiger partial charge in [0.25, 0.3) is 5.91 Å². The van der Waals surface area contributed by atoms with Crippen LogP contribution in [0, 0.1) is 0 Å². The highest BCUT2D eigenvalue weighted by atomic mass is 19.4. The van der Waals surface area contributed by atoms with Crippen LogP contribution >= 0.6 is 0 Å². The van der Waals surface area contributed by atoms with Crippen molar-refractivity contribution in [2.24, 2.45) is 5.73 Å². The molecule has 3 N–H and O–H groups in total. The van der Waals surface area contributed by atoms with Gasteiger partial charge < -0.3 is 10.6 Å². The number of nitrogens with zero attached hydrogens (tertiary/aromatic N) is 2. The fourth-order valence-electron chi connectivity index (χ4n) is 4.47. The second kappa shape index (κ2) is 7.10. The Morgan fingerprint density at radius 3 is 2.62 bits per heavy atom. The van der Waals surface area contributed by atoms with E-state index in [-0.39, 0.29) is 50.7 Å². The first-order valence-electron chi connectivity index (χ1n) is 9.48. The maximum absolute atomic E-state index is 13.3. The fraction of sp³-hybridized carbons (Fsp3) is 0.526. The number of fused-ring (bicyclic) bond motifs is 1. The number of halogens is 3. The molecule has 3 heterocycles. The Balaban J connectivity index is 1.51. The Morgan fingerprint density at radius 1 is 1.17 bits per heavy atom. The number of piperidine rings is 1. The second-order valence-corrected chi connectivity index (χ2v) is 7.80. The molecule has 3 aliphatic heterocycles. The van der Waals surface area contributed by atoms with Gasteiger partial charge >= 0.3 is 6.18 Å². The van der Waals surface area contributed by atoms with Crippen LogP contribution in [0.4, 0.5) is 13.2 Å². The van der Waals surface area contributed by atoms with Crippen LogP contribution in [0.5, 0.6) is 0 Å². The van der Waals surface area contributed by atoms with Crippen LogP contribution in [0.2, 0.25) is 0 Å². The van der Waals surface area contributed by atoms with Gasteiger partial charge in [-0.15, -0.1) is 0 Å². The lowest BCUT2D eigenvalue weighted by Crippen LogP contribution is -2.52. The smallest absolute Gasteiger partial charge is 0.326 e. The van der Waals surface area contributed by atoms with Crippen molar-refractivity contribution in [3.05, 3.63) is 34.9 Å². The SMILES string of the molecule is N[C@@H]1CCN(Cc2ccc3c(c2)CN(C2CCC(=O)NC2=O)C3=O)[C@H]1C(F)(F)F. The van der Waals surface area contributed by atoms with Gasteiger partial charge in [-0.2, -0.15) is 13.2 Å². The van der Waals surface area contributed by atoms with Crippen LogP contribution in [0.25, 0.3) is 0 Å². The lowest BCUT2D eigenvalue weighted by atomic mass is 10.0. The van der Waals surface area contributed by atoms with Crippen molar-refractivity contribution in [3.63, 3.8) is 0 Å². The number of carbonyl (C=O) groups is 3. The Kier molecular flexibility index (Phi) is 4.86. The zero-order chi connectivity index (χ0) is 20.9. The minimum absolute atomic E-state index is 0.0811. The Hall–Kier alpha value is -2.46. The minimum atomic E-state index is -4.40. The van der Waals surface area contributed by atoms with Crippen molar-refractivity contribution in [2.45, 2.75) is 56.7 Å². The van der Waals surface area contributed by atoms with E-state index in [1.807, 2.05) is 0 Å². The number of benzene rings is 1. The van der Waals surface area contributed by atoms with Crippen molar-refractivity contribution in [1.82, 2.24) is 15.1 Å². The molecule has 1 aromatic carbocycles. The van der Waals surface area contributed by atoms with E-state index in [2.05, 4.69) is 5.32 Å². The molecule has 4 rings (SSSR count). The molecule has 10 heteroatoms. The number of rotatable bonds is 3. The van der Waals surface area contributed by atoms with Gasteiger partial charge in [-0.3, -0.25) is 24.6 Å². The molecule has 3 atom stereocenters. The van der Waals surface area contributed by atoms with E-state index in [0.29, 0.717) is 16.7 Å². The fourth-order valence-corrected chi connectivity index (χ4v) is 4.47. The number of hydrogen-bond acceptors (Lipinski definition) is 5. The maximum atomic E-state index is 13.3. The first-order valence-corrected chi connectivity index (χ1v) is 9.48. The van der Waals surface area contributed by atoms with E-state index in [1.54, 1.807) is 18.2 Å². The van der Waals surface area contributed by atoms with Gasteiger partial charge in [-0.25, -0.2) is 0 Å². The van der Waals surface area contributed by atoms with Crippen LogP contribution in [0.1, 0.15) is 40.7 Å². The largest absolute Gasteiger partial charge is 0.405 e. The zero-order valence-corrected chi connectivity index (χ0v) is 15.5. The monoisotopic (exact) mass is 410 g/mol. The summed E-state index contributed by atoms with van der Waals surface area (Å²) < 4.78 is 40.0. The van der Waals surface area contributed by atoms with Gasteiger partial charge in [0.1, 0.15) is 12.1 Å². The first kappa shape index (κ1) is 19.8. The molecule has 7 nitrogen and oxygen atoms in total. The summed E-state index contributed by atoms with van der Waals surface area (Å²) in [6, 6.07) is 1.60. The quantitative estimate of drug-likeness (QED) is 0.723. The van der Waals surface area contributed by atoms with Crippen molar-refractivity contribution in [2.75, 3.05) is 6.54 Å². The standard InChI is InChI=1S/C19H21F3N4O3/c20-19(21,22)16-13(23)5-6-25(16)8-10-1-2-12-11(7-10)9-26(18(12)29)14-3-4-15(27)24-17(14)28/h1-2,7,13-14,16H,3-6,8-9,23H2,(H,24,27,28)/t13-,14?,16-/m1/s1. The van der Waals surface area contributed by atoms with E-state index in [0.717, 1.165) is 0 Å². The van der Waals surface area contributed by atoms with Crippen molar-refractivity contribution < 1.29 is 27.6 Å². The molecule has 0 saturated carbocycles. The van der Waals surface area contributed by atoms with Crippen LogP contribution in [-0.2, 0) is 22.7 Å². The first-order chi connectivity index (χ1) is 13.6. The van der Waals surface area contributed by atoms with Gasteiger partial charge in [-0.1, -0.05) is 12.1 Å². The van der Waals surface area contributed by atoms with Crippen molar-refractivity contribution in [1.29, 1.82) is 0 Å². The average Bonchev–Trinajstić information content (AvgIpc) is 3.15. The van der Waals surface area contributed by atoms with Crippen molar-refractivity contribution in [3.8, 4) is 0 Å². The zero-order valence-electron chi connectivity index (χ0n) is 15.5. The molecule has 1 aromatic rings. The summed E-state index contributed by atoms with van der Waals surface area (Å²) in [6.45, 7) is 0.526. The van der Waals surface area contributed by atoms with E-state index in [1.165, 1.54) is 9.80 Å². The summed E-state index contributed by atoms with van der Waals surface area (Å²) in [6.07, 6.45) is -3.70. The summed E-state index contributed by atoms with van der Waals surface area (Å²) >= 11 is 0. The van der Waals surface area contributed by atoms with Crippen LogP contribution in [-0.4, -0.2) is 58.4 Å². The number of alkyl halides is 3. The molecule has 3 amide bonds. The van der Waals surface area contributed by atoms with Crippen molar-refractivity contribution >= 4 is 17.7 Å². The van der Waals surface area contributed by atoms with E-state index >= 15 is 0 Å². The lowest BCUT2D eigenvalue weighted by Gasteiger charge is -2.29. The molecule has 29 heavy (non-hydrogen) atoms. The Morgan fingerprint density at radius 2 is 1.93 bits per heavy atom. The molecule has 0 bridgehead atoms. The van der Waals surface area contributed by atoms with E-state index < -0.39 is 30.2 Å². The van der Waals surface area contributed by atoms with Gasteiger partial charge in [0.2, 0.25) is 11.8 Å². The number of nitrogens with one attached hydrogen (secondary N) is 1. The molecular formula is C19H21F3N4O3. The van der Waals surface area contributed by atoms with Crippen LogP contribution < -0.4 is 11.1 Å². The highest BCUT2D eigenvalue weighted by molar-refractivity contribution is 6.05. The number of carbonyl (C=O) groups excluding carboxylic acids is 3. The Bertz CT molecular complexity index is 873. The van der Waals surface area contributed by atoms with Crippen LogP contribution in [0.3, 0.4) is 0 Å². The number of imide groups is 1. The maximum Gasteiger partial charge on any atom is 0.405 e. The molecule has 1 unspecified atom stereocenters. The predicted octanol–water partition coefficient (Wildman–Crippen LogP) is 0.911. The molecule has 0 radical (unpaired) electrons. The molecule has 2 fully saturated rings. The lowest BCUT2D eigenvalue weighted by molar-refractivity contribution is -0.180. The third-order valence-corrected chi connectivity index (χ3v) is 5.86. The number of likely N-dealkylation sites (tertiary alicyclic amines) is 1. The summed E-state index contributed by atoms with van der Waals surface area (Å²) in [7, 11) is 0. The number of nitrogens with two attached hydrogens (primary N) is 1. The molecule has 0 aromatic heterocycles. The summed E-state index contributed by atoms with van der Waals surface area (Å²) in [5.74, 6) is -1.17. The van der Waals surface area contributed by atoms with Gasteiger partial charge in [0, 0.05) is 37.7 Å². The normalized spacial score (nSPS) is 28.1. The third kappa shape index (κ3) is 3.62. The van der Waals surface area contributed by atoms with Gasteiger partial charge in [-0.05, 0) is 30.0 Å². The van der Waals surface area contributed by atoms with Gasteiger partial charge in [0.05, 0.1) is 0 Å². The molecule has 156 valence electrons. The number of amides is 3. The summed E-state index contributed by atoms with van der Waals surface area (Å²) in [5.41, 5.74) is 7.43. The predicted molar refractivity (Wildman–Crippen MR) is 95.3 cm³/mol. The van der Waals surface area contributed by atoms with Crippen LogP contribution in [0.15, 0.2) is 18.2 Å². The topological polar surface area (TPSA) is 95.7 Å². The van der Waals surface area contributed by atoms with E-state index in [9.17, 15) is 27.6 Å². The highest BCUT2D eigenvalue weighted by Crippen LogP contribution is 2.34. The molecule has 2 saturated heterocycles. The molecular weight excluding hydrogens is 389 g/mol. The molecule has 0 spiro atoms. The number of hydrogen-bond donors (Lipinski definition) is 2.